The molecule has 0 aliphatic carbocycles. The monoisotopic (exact) mass is 484 g/mol. The minimum atomic E-state index is -1.09. The Morgan fingerprint density at radius 1 is 0.917 bits per heavy atom. The molecule has 3 rings (SSSR count). The average molecular weight is 485 g/mol. The molecule has 2 amide bonds. The molecule has 0 bridgehead atoms. The predicted octanol–water partition coefficient (Wildman–Crippen LogP) is 3.49. The predicted molar refractivity (Wildman–Crippen MR) is 142 cm³/mol. The van der Waals surface area contributed by atoms with Crippen LogP contribution in [0.4, 0.5) is 0 Å². The van der Waals surface area contributed by atoms with Gasteiger partial charge in [-0.2, -0.15) is 0 Å². The zero-order chi connectivity index (χ0) is 25.9. The van der Waals surface area contributed by atoms with E-state index in [1.165, 1.54) is 5.56 Å². The van der Waals surface area contributed by atoms with Crippen molar-refractivity contribution in [3.05, 3.63) is 101 Å². The van der Waals surface area contributed by atoms with E-state index < -0.39 is 23.6 Å². The van der Waals surface area contributed by atoms with Crippen LogP contribution in [0.2, 0.25) is 0 Å². The lowest BCUT2D eigenvalue weighted by molar-refractivity contribution is -0.137. The van der Waals surface area contributed by atoms with Gasteiger partial charge in [0.05, 0.1) is 11.3 Å². The molecular weight excluding hydrogens is 452 g/mol. The van der Waals surface area contributed by atoms with Crippen LogP contribution in [0, 0.1) is 0 Å². The molecule has 0 spiro atoms. The number of pyridine rings is 1. The largest absolute Gasteiger partial charge is 0.363 e. The summed E-state index contributed by atoms with van der Waals surface area (Å²) in [7, 11) is 0. The zero-order valence-corrected chi connectivity index (χ0v) is 20.7. The summed E-state index contributed by atoms with van der Waals surface area (Å²) in [5.74, 6) is -2.45. The number of hydrogen-bond acceptors (Lipinski definition) is 5. The molecule has 0 radical (unpaired) electrons. The van der Waals surface area contributed by atoms with Crippen LogP contribution in [0.5, 0.6) is 0 Å². The maximum atomic E-state index is 13.1. The SMILES string of the molecule is CCN(CC)Cc1ccc(C=Cc2ncccc2C(=O)NC(Cc2ccccc2)C(=O)C(N)=O)cc1. The summed E-state index contributed by atoms with van der Waals surface area (Å²) in [6.45, 7) is 7.19. The molecule has 3 N–H and O–H groups in total. The van der Waals surface area contributed by atoms with Gasteiger partial charge in [-0.05, 0) is 48.0 Å². The zero-order valence-electron chi connectivity index (χ0n) is 20.7. The number of ketones is 1. The van der Waals surface area contributed by atoms with Crippen LogP contribution >= 0.6 is 0 Å². The molecular formula is C29H32N4O3. The van der Waals surface area contributed by atoms with Gasteiger partial charge in [-0.1, -0.05) is 74.5 Å². The molecule has 1 unspecified atom stereocenters. The first kappa shape index (κ1) is 26.5. The Morgan fingerprint density at radius 2 is 1.61 bits per heavy atom. The van der Waals surface area contributed by atoms with E-state index in [4.69, 9.17) is 5.73 Å². The van der Waals surface area contributed by atoms with E-state index in [2.05, 4.69) is 41.2 Å². The quantitative estimate of drug-likeness (QED) is 0.383. The Bertz CT molecular complexity index is 1200. The highest BCUT2D eigenvalue weighted by Gasteiger charge is 2.26. The van der Waals surface area contributed by atoms with Crippen LogP contribution in [-0.4, -0.2) is 46.6 Å². The molecule has 1 aromatic heterocycles. The third-order valence-electron chi connectivity index (χ3n) is 5.94. The van der Waals surface area contributed by atoms with Gasteiger partial charge in [-0.3, -0.25) is 24.3 Å². The second-order valence-electron chi connectivity index (χ2n) is 8.42. The molecule has 0 fully saturated rings. The summed E-state index contributed by atoms with van der Waals surface area (Å²) in [5, 5.41) is 2.67. The van der Waals surface area contributed by atoms with Crippen molar-refractivity contribution in [2.75, 3.05) is 13.1 Å². The first-order valence-electron chi connectivity index (χ1n) is 12.0. The molecule has 3 aromatic rings. The average Bonchev–Trinajstić information content (AvgIpc) is 2.91. The molecule has 0 saturated heterocycles. The standard InChI is InChI=1S/C29H32N4O3/c1-3-33(4-2)20-23-14-12-21(13-15-23)16-17-25-24(11-8-18-31-25)29(36)32-26(27(34)28(30)35)19-22-9-6-5-7-10-22/h5-18,26H,3-4,19-20H2,1-2H3,(H2,30,35)(H,32,36). The summed E-state index contributed by atoms with van der Waals surface area (Å²) in [6, 6.07) is 19.6. The van der Waals surface area contributed by atoms with Gasteiger partial charge >= 0.3 is 0 Å². The number of amides is 2. The number of nitrogens with zero attached hydrogens (tertiary/aromatic N) is 2. The van der Waals surface area contributed by atoms with E-state index in [0.717, 1.165) is 30.8 Å². The van der Waals surface area contributed by atoms with Gasteiger partial charge in [0.2, 0.25) is 5.78 Å². The molecule has 1 heterocycles. The topological polar surface area (TPSA) is 105 Å². The second kappa shape index (κ2) is 13.1. The van der Waals surface area contributed by atoms with Crippen molar-refractivity contribution in [1.82, 2.24) is 15.2 Å². The van der Waals surface area contributed by atoms with Crippen molar-refractivity contribution in [3.63, 3.8) is 0 Å². The molecule has 2 aromatic carbocycles. The van der Waals surface area contributed by atoms with Crippen molar-refractivity contribution in [1.29, 1.82) is 0 Å². The number of rotatable bonds is 12. The van der Waals surface area contributed by atoms with E-state index in [0.29, 0.717) is 11.3 Å². The van der Waals surface area contributed by atoms with Crippen molar-refractivity contribution >= 4 is 29.7 Å². The molecule has 7 nitrogen and oxygen atoms in total. The fraction of sp³-hybridized carbons (Fsp3) is 0.241. The summed E-state index contributed by atoms with van der Waals surface area (Å²) in [4.78, 5) is 43.8. The fourth-order valence-corrected chi connectivity index (χ4v) is 3.82. The van der Waals surface area contributed by atoms with Crippen LogP contribution in [0.15, 0.2) is 72.9 Å². The molecule has 0 aliphatic heterocycles. The number of nitrogens with one attached hydrogen (secondary N) is 1. The van der Waals surface area contributed by atoms with Gasteiger partial charge in [0.1, 0.15) is 6.04 Å². The molecule has 7 heteroatoms. The van der Waals surface area contributed by atoms with Gasteiger partial charge in [-0.25, -0.2) is 0 Å². The highest BCUT2D eigenvalue weighted by molar-refractivity contribution is 6.38. The normalized spacial score (nSPS) is 12.0. The Balaban J connectivity index is 1.76. The third kappa shape index (κ3) is 7.45. The van der Waals surface area contributed by atoms with Crippen molar-refractivity contribution in [3.8, 4) is 0 Å². The highest BCUT2D eigenvalue weighted by Crippen LogP contribution is 2.14. The number of hydrogen-bond donors (Lipinski definition) is 2. The lowest BCUT2D eigenvalue weighted by Crippen LogP contribution is -2.47. The van der Waals surface area contributed by atoms with E-state index in [1.54, 1.807) is 24.4 Å². The van der Waals surface area contributed by atoms with Crippen LogP contribution in [0.3, 0.4) is 0 Å². The molecule has 0 saturated carbocycles. The number of carbonyl (C=O) groups is 3. The maximum Gasteiger partial charge on any atom is 0.287 e. The van der Waals surface area contributed by atoms with Crippen LogP contribution in [0.1, 0.15) is 46.6 Å². The van der Waals surface area contributed by atoms with E-state index >= 15 is 0 Å². The van der Waals surface area contributed by atoms with Gasteiger partial charge in [0, 0.05) is 19.2 Å². The Morgan fingerprint density at radius 3 is 2.25 bits per heavy atom. The van der Waals surface area contributed by atoms with Gasteiger partial charge in [0.25, 0.3) is 11.8 Å². The van der Waals surface area contributed by atoms with Gasteiger partial charge < -0.3 is 11.1 Å². The van der Waals surface area contributed by atoms with E-state index in [-0.39, 0.29) is 6.42 Å². The van der Waals surface area contributed by atoms with E-state index in [9.17, 15) is 14.4 Å². The van der Waals surface area contributed by atoms with Gasteiger partial charge in [-0.15, -0.1) is 0 Å². The van der Waals surface area contributed by atoms with Crippen molar-refractivity contribution in [2.45, 2.75) is 32.9 Å². The van der Waals surface area contributed by atoms with Crippen molar-refractivity contribution in [2.24, 2.45) is 5.73 Å². The number of carbonyl (C=O) groups excluding carboxylic acids is 3. The first-order valence-corrected chi connectivity index (χ1v) is 12.0. The van der Waals surface area contributed by atoms with Gasteiger partial charge in [0.15, 0.2) is 0 Å². The first-order chi connectivity index (χ1) is 17.4. The minimum absolute atomic E-state index is 0.152. The number of primary amides is 1. The molecule has 36 heavy (non-hydrogen) atoms. The van der Waals surface area contributed by atoms with E-state index in [1.807, 2.05) is 48.5 Å². The summed E-state index contributed by atoms with van der Waals surface area (Å²) in [5.41, 5.74) is 8.98. The smallest absolute Gasteiger partial charge is 0.287 e. The Hall–Kier alpha value is -4.10. The summed E-state index contributed by atoms with van der Waals surface area (Å²) >= 11 is 0. The Kier molecular flexibility index (Phi) is 9.65. The Labute approximate surface area is 212 Å². The molecule has 0 aliphatic rings. The summed E-state index contributed by atoms with van der Waals surface area (Å²) in [6.07, 6.45) is 5.39. The summed E-state index contributed by atoms with van der Waals surface area (Å²) < 4.78 is 0. The number of Topliss-reactive ketones (excluding diaryl/α,β-unsaturated/α-hetero) is 1. The number of aromatic nitrogens is 1. The lowest BCUT2D eigenvalue weighted by atomic mass is 10.0. The maximum absolute atomic E-state index is 13.1. The second-order valence-corrected chi connectivity index (χ2v) is 8.42. The van der Waals surface area contributed by atoms with Crippen LogP contribution in [0.25, 0.3) is 12.2 Å². The number of nitrogens with two attached hydrogens (primary N) is 1. The fourth-order valence-electron chi connectivity index (χ4n) is 3.82. The molecule has 1 atom stereocenters. The van der Waals surface area contributed by atoms with Crippen molar-refractivity contribution < 1.29 is 14.4 Å². The number of benzene rings is 2. The lowest BCUT2D eigenvalue weighted by Gasteiger charge is -2.17. The minimum Gasteiger partial charge on any atom is -0.363 e. The molecule has 186 valence electrons. The van der Waals surface area contributed by atoms with Crippen LogP contribution in [-0.2, 0) is 22.6 Å². The van der Waals surface area contributed by atoms with Crippen LogP contribution < -0.4 is 11.1 Å². The third-order valence-corrected chi connectivity index (χ3v) is 5.94. The highest BCUT2D eigenvalue weighted by atomic mass is 16.2.